The first-order chi connectivity index (χ1) is 10.3. The average molecular weight is 333 g/mol. The molecule has 3 rings (SSSR count). The number of hydrogen-bond donors (Lipinski definition) is 4. The molecule has 2 heterocycles. The van der Waals surface area contributed by atoms with Gasteiger partial charge in [0.15, 0.2) is 5.76 Å². The van der Waals surface area contributed by atoms with E-state index in [1.165, 1.54) is 0 Å². The van der Waals surface area contributed by atoms with E-state index in [0.29, 0.717) is 12.5 Å². The molecule has 22 heavy (non-hydrogen) atoms. The standard InChI is InChI=1S/C13H13F2NO5S/c14-8-4-7(5-9(15)6-8)12-10(17)11(18)13(21-12)16-2-1-3-22(16,19)20/h4-6,17-20H,1-3H2. The van der Waals surface area contributed by atoms with Crippen LogP contribution in [-0.4, -0.2) is 31.6 Å². The highest BCUT2D eigenvalue weighted by atomic mass is 32.3. The molecule has 4 N–H and O–H groups in total. The molecule has 0 atom stereocenters. The zero-order valence-electron chi connectivity index (χ0n) is 11.2. The van der Waals surface area contributed by atoms with E-state index in [-0.39, 0.29) is 29.5 Å². The number of aromatic hydroxyl groups is 2. The van der Waals surface area contributed by atoms with Crippen molar-refractivity contribution in [2.45, 2.75) is 6.42 Å². The molecule has 1 aromatic heterocycles. The second kappa shape index (κ2) is 5.04. The first-order valence-electron chi connectivity index (χ1n) is 6.34. The number of hydrogen-bond acceptors (Lipinski definition) is 6. The summed E-state index contributed by atoms with van der Waals surface area (Å²) in [5.41, 5.74) is -0.118. The van der Waals surface area contributed by atoms with Crippen molar-refractivity contribution in [3.63, 3.8) is 0 Å². The van der Waals surface area contributed by atoms with Gasteiger partial charge in [0.05, 0.1) is 5.75 Å². The lowest BCUT2D eigenvalue weighted by Gasteiger charge is -2.35. The molecule has 0 bridgehead atoms. The minimum atomic E-state index is -3.14. The van der Waals surface area contributed by atoms with Crippen molar-refractivity contribution in [1.82, 2.24) is 0 Å². The van der Waals surface area contributed by atoms with Crippen LogP contribution in [0.4, 0.5) is 14.7 Å². The highest BCUT2D eigenvalue weighted by molar-refractivity contribution is 8.25. The second-order valence-electron chi connectivity index (χ2n) is 4.88. The fraction of sp³-hybridized carbons (Fsp3) is 0.231. The molecule has 0 aliphatic carbocycles. The van der Waals surface area contributed by atoms with E-state index < -0.39 is 33.9 Å². The van der Waals surface area contributed by atoms with Crippen LogP contribution >= 0.6 is 10.8 Å². The van der Waals surface area contributed by atoms with Crippen LogP contribution in [0.3, 0.4) is 0 Å². The Kier molecular flexibility index (Phi) is 3.42. The minimum absolute atomic E-state index is 0.109. The molecule has 1 aromatic carbocycles. The van der Waals surface area contributed by atoms with Crippen molar-refractivity contribution >= 4 is 16.7 Å². The third-order valence-corrected chi connectivity index (χ3v) is 5.22. The number of nitrogens with zero attached hydrogens (tertiary/aromatic N) is 1. The number of anilines is 1. The van der Waals surface area contributed by atoms with Gasteiger partial charge in [-0.15, -0.1) is 10.8 Å². The molecule has 0 radical (unpaired) electrons. The zero-order chi connectivity index (χ0) is 16.1. The molecule has 6 nitrogen and oxygen atoms in total. The fourth-order valence-electron chi connectivity index (χ4n) is 2.34. The zero-order valence-corrected chi connectivity index (χ0v) is 12.0. The molecule has 2 aromatic rings. The van der Waals surface area contributed by atoms with Crippen LogP contribution in [0.25, 0.3) is 11.3 Å². The van der Waals surface area contributed by atoms with Gasteiger partial charge in [0.2, 0.25) is 11.5 Å². The summed E-state index contributed by atoms with van der Waals surface area (Å²) in [6.45, 7) is 0.208. The highest BCUT2D eigenvalue weighted by Crippen LogP contribution is 2.57. The van der Waals surface area contributed by atoms with Crippen LogP contribution in [0.15, 0.2) is 22.6 Å². The van der Waals surface area contributed by atoms with E-state index in [0.717, 1.165) is 16.4 Å². The number of halogens is 2. The largest absolute Gasteiger partial charge is 0.502 e. The van der Waals surface area contributed by atoms with Gasteiger partial charge >= 0.3 is 0 Å². The molecule has 0 spiro atoms. The van der Waals surface area contributed by atoms with Gasteiger partial charge in [-0.1, -0.05) is 0 Å². The molecule has 0 amide bonds. The molecular formula is C13H13F2NO5S. The third-order valence-electron chi connectivity index (χ3n) is 3.32. The summed E-state index contributed by atoms with van der Waals surface area (Å²) in [6, 6.07) is 2.50. The van der Waals surface area contributed by atoms with Crippen molar-refractivity contribution in [2.24, 2.45) is 0 Å². The minimum Gasteiger partial charge on any atom is -0.502 e. The maximum absolute atomic E-state index is 13.3. The number of furan rings is 1. The number of rotatable bonds is 2. The average Bonchev–Trinajstić information content (AvgIpc) is 2.90. The van der Waals surface area contributed by atoms with Gasteiger partial charge < -0.3 is 14.6 Å². The molecule has 1 fully saturated rings. The summed E-state index contributed by atoms with van der Waals surface area (Å²) in [5.74, 6) is -3.77. The normalized spacial score (nSPS) is 18.6. The molecule has 0 unspecified atom stereocenters. The van der Waals surface area contributed by atoms with E-state index in [9.17, 15) is 28.1 Å². The van der Waals surface area contributed by atoms with Crippen LogP contribution in [0, 0.1) is 11.6 Å². The van der Waals surface area contributed by atoms with E-state index >= 15 is 0 Å². The Balaban J connectivity index is 2.10. The van der Waals surface area contributed by atoms with E-state index in [1.54, 1.807) is 0 Å². The molecule has 1 aliphatic rings. The predicted molar refractivity (Wildman–Crippen MR) is 77.1 cm³/mol. The van der Waals surface area contributed by atoms with Crippen molar-refractivity contribution in [3.8, 4) is 22.8 Å². The smallest absolute Gasteiger partial charge is 0.261 e. The van der Waals surface area contributed by atoms with Gasteiger partial charge in [-0.05, 0) is 18.6 Å². The van der Waals surface area contributed by atoms with Crippen molar-refractivity contribution < 1.29 is 32.5 Å². The Morgan fingerprint density at radius 1 is 1.05 bits per heavy atom. The Hall–Kier alpha value is -1.97. The van der Waals surface area contributed by atoms with Crippen molar-refractivity contribution in [1.29, 1.82) is 0 Å². The van der Waals surface area contributed by atoms with E-state index in [2.05, 4.69) is 0 Å². The first-order valence-corrected chi connectivity index (χ1v) is 8.01. The third kappa shape index (κ3) is 2.36. The maximum Gasteiger partial charge on any atom is 0.261 e. The van der Waals surface area contributed by atoms with Crippen LogP contribution in [-0.2, 0) is 0 Å². The first kappa shape index (κ1) is 14.9. The molecule has 1 saturated heterocycles. The lowest BCUT2D eigenvalue weighted by atomic mass is 10.1. The van der Waals surface area contributed by atoms with Crippen LogP contribution < -0.4 is 4.31 Å². The monoisotopic (exact) mass is 333 g/mol. The van der Waals surface area contributed by atoms with Gasteiger partial charge in [-0.25, -0.2) is 13.1 Å². The second-order valence-corrected chi connectivity index (χ2v) is 7.00. The van der Waals surface area contributed by atoms with Crippen LogP contribution in [0.5, 0.6) is 11.5 Å². The molecule has 0 saturated carbocycles. The SMILES string of the molecule is Oc1c(-c2cc(F)cc(F)c2)oc(N2CCCS2(O)O)c1O. The Bertz CT molecular complexity index is 713. The Labute approximate surface area is 125 Å². The van der Waals surface area contributed by atoms with Gasteiger partial charge in [0.25, 0.3) is 5.88 Å². The van der Waals surface area contributed by atoms with E-state index in [1.807, 2.05) is 0 Å². The molecule has 120 valence electrons. The van der Waals surface area contributed by atoms with E-state index in [4.69, 9.17) is 4.42 Å². The Morgan fingerprint density at radius 2 is 1.68 bits per heavy atom. The summed E-state index contributed by atoms with van der Waals surface area (Å²) in [6.07, 6.45) is 0.465. The summed E-state index contributed by atoms with van der Waals surface area (Å²) in [7, 11) is -3.14. The summed E-state index contributed by atoms with van der Waals surface area (Å²) in [4.78, 5) is 0. The van der Waals surface area contributed by atoms with Gasteiger partial charge in [0, 0.05) is 18.2 Å². The predicted octanol–water partition coefficient (Wildman–Crippen LogP) is 3.51. The summed E-state index contributed by atoms with van der Waals surface area (Å²) < 4.78 is 52.6. The maximum atomic E-state index is 13.3. The molecule has 1 aliphatic heterocycles. The lowest BCUT2D eigenvalue weighted by molar-refractivity contribution is 0.409. The highest BCUT2D eigenvalue weighted by Gasteiger charge is 2.36. The topological polar surface area (TPSA) is 97.3 Å². The number of benzene rings is 1. The van der Waals surface area contributed by atoms with Gasteiger partial charge in [0.1, 0.15) is 11.6 Å². The Morgan fingerprint density at radius 3 is 2.23 bits per heavy atom. The summed E-state index contributed by atoms with van der Waals surface area (Å²) in [5, 5.41) is 19.8. The fourth-order valence-corrected chi connectivity index (χ4v) is 3.89. The van der Waals surface area contributed by atoms with Crippen molar-refractivity contribution in [2.75, 3.05) is 16.6 Å². The van der Waals surface area contributed by atoms with Crippen LogP contribution in [0.2, 0.25) is 0 Å². The quantitative estimate of drug-likeness (QED) is 0.671. The molecule has 9 heteroatoms. The summed E-state index contributed by atoms with van der Waals surface area (Å²) >= 11 is 0. The van der Waals surface area contributed by atoms with Gasteiger partial charge in [-0.3, -0.25) is 9.11 Å². The van der Waals surface area contributed by atoms with Crippen LogP contribution in [0.1, 0.15) is 6.42 Å². The van der Waals surface area contributed by atoms with Gasteiger partial charge in [-0.2, -0.15) is 0 Å². The van der Waals surface area contributed by atoms with Crippen molar-refractivity contribution in [3.05, 3.63) is 29.8 Å². The molecular weight excluding hydrogens is 320 g/mol. The lowest BCUT2D eigenvalue weighted by Crippen LogP contribution is -2.21.